The minimum Gasteiger partial charge on any atom is -0.412 e. The number of aliphatic hydroxyl groups is 1. The first-order valence-electron chi connectivity index (χ1n) is 1.45. The van der Waals surface area contributed by atoms with E-state index in [0.29, 0.717) is 0 Å². The van der Waals surface area contributed by atoms with Gasteiger partial charge in [0.1, 0.15) is 0 Å². The highest BCUT2D eigenvalue weighted by atomic mass is 32.1. The second-order valence-electron chi connectivity index (χ2n) is 0. The summed E-state index contributed by atoms with van der Waals surface area (Å²) in [4.78, 5) is 0. The largest absolute Gasteiger partial charge is 0.412 e. The molecule has 0 aromatic carbocycles. The highest BCUT2D eigenvalue weighted by Gasteiger charge is 0.932. The maximum atomic E-state index is 7.00. The van der Waals surface area contributed by atoms with E-state index in [1.54, 1.807) is 0 Å². The zero-order chi connectivity index (χ0) is 4.00. The Morgan fingerprint density at radius 3 is 0.800 bits per heavy atom. The van der Waals surface area contributed by atoms with E-state index in [0.717, 1.165) is 7.11 Å². The lowest BCUT2D eigenvalue weighted by Crippen LogP contribution is -1.25. The fourth-order valence-corrected chi connectivity index (χ4v) is 0. The van der Waals surface area contributed by atoms with Crippen LogP contribution in [0.2, 0.25) is 0 Å². The highest BCUT2D eigenvalue weighted by Crippen LogP contribution is 1.14. The summed E-state index contributed by atoms with van der Waals surface area (Å²) in [5.41, 5.74) is 0. The zero-order valence-electron chi connectivity index (χ0n) is 6.15. The average Bonchev–Trinajstić information content (AvgIpc) is 1.50. The van der Waals surface area contributed by atoms with Gasteiger partial charge >= 0.3 is 0 Å². The van der Waals surface area contributed by atoms with Crippen molar-refractivity contribution in [3.05, 3.63) is 0 Å². The summed E-state index contributed by atoms with van der Waals surface area (Å²) >= 11 is 0. The van der Waals surface area contributed by atoms with Gasteiger partial charge in [0, 0.05) is 7.11 Å². The van der Waals surface area contributed by atoms with E-state index in [1.807, 2.05) is 13.8 Å². The van der Waals surface area contributed by atoms with Gasteiger partial charge < -0.3 is 27.7 Å². The van der Waals surface area contributed by atoms with Gasteiger partial charge in [-0.2, -0.15) is 13.5 Å². The molecular weight excluding hydrogens is 158 g/mol. The molecule has 0 fully saturated rings. The van der Waals surface area contributed by atoms with E-state index in [-0.39, 0.29) is 43.5 Å². The molecule has 0 atom stereocenters. The molecule has 0 aliphatic carbocycles. The number of rotatable bonds is 0. The van der Waals surface area contributed by atoms with Gasteiger partial charge in [-0.15, -0.1) is 0 Å². The smallest absolute Gasteiger partial charge is 0.0319 e. The Morgan fingerprint density at radius 2 is 0.800 bits per heavy atom. The summed E-state index contributed by atoms with van der Waals surface area (Å²) in [6, 6.07) is 0. The van der Waals surface area contributed by atoms with Crippen molar-refractivity contribution in [2.24, 2.45) is 0 Å². The third kappa shape index (κ3) is 18500. The lowest BCUT2D eigenvalue weighted by molar-refractivity contribution is 0.399. The van der Waals surface area contributed by atoms with Crippen molar-refractivity contribution in [3.63, 3.8) is 0 Å². The van der Waals surface area contributed by atoms with Crippen LogP contribution in [-0.4, -0.2) is 28.6 Å². The van der Waals surface area contributed by atoms with E-state index in [2.05, 4.69) is 0 Å². The molecule has 0 aromatic rings. The predicted octanol–water partition coefficient (Wildman–Crippen LogP) is -0.929. The molecule has 0 rings (SSSR count). The minimum atomic E-state index is 0. The van der Waals surface area contributed by atoms with Crippen molar-refractivity contribution >= 4 is 13.5 Å². The first-order chi connectivity index (χ1) is 2.00. The Morgan fingerprint density at radius 1 is 0.800 bits per heavy atom. The van der Waals surface area contributed by atoms with Crippen molar-refractivity contribution in [2.75, 3.05) is 7.11 Å². The fourth-order valence-electron chi connectivity index (χ4n) is 0. The maximum Gasteiger partial charge on any atom is 0.0319 e. The Balaban J connectivity index is -0.000000000833. The van der Waals surface area contributed by atoms with E-state index in [4.69, 9.17) is 5.11 Å². The van der Waals surface area contributed by atoms with Gasteiger partial charge in [-0.05, 0) is 0 Å². The molecule has 10 N–H and O–H groups in total. The van der Waals surface area contributed by atoms with Crippen molar-refractivity contribution < 1.29 is 21.5 Å². The summed E-state index contributed by atoms with van der Waals surface area (Å²) in [7, 11) is 1.00. The van der Waals surface area contributed by atoms with E-state index >= 15 is 0 Å². The molecular formula is C4H25NO4S. The van der Waals surface area contributed by atoms with Gasteiger partial charge in [-0.1, -0.05) is 21.3 Å². The van der Waals surface area contributed by atoms with Gasteiger partial charge in [0.15, 0.2) is 0 Å². The molecule has 10 heavy (non-hydrogen) atoms. The van der Waals surface area contributed by atoms with E-state index in [9.17, 15) is 0 Å². The molecule has 0 heterocycles. The molecule has 5 nitrogen and oxygen atoms in total. The van der Waals surface area contributed by atoms with Gasteiger partial charge in [0.05, 0.1) is 0 Å². The topological polar surface area (TPSA) is 150 Å². The summed E-state index contributed by atoms with van der Waals surface area (Å²) in [5.74, 6) is 0. The second kappa shape index (κ2) is 27000. The zero-order valence-corrected chi connectivity index (χ0v) is 7.15. The summed E-state index contributed by atoms with van der Waals surface area (Å²) in [5, 5.41) is 7.00. The molecule has 0 aliphatic rings. The molecule has 0 saturated heterocycles. The van der Waals surface area contributed by atoms with Gasteiger partial charge in [-0.25, -0.2) is 0 Å². The molecule has 0 amide bonds. The monoisotopic (exact) mass is 183 g/mol. The predicted molar refractivity (Wildman–Crippen MR) is 52.5 cm³/mol. The molecule has 6 heteroatoms. The Labute approximate surface area is 70.4 Å². The second-order valence-corrected chi connectivity index (χ2v) is 0. The fraction of sp³-hybridized carbons (Fsp3) is 1.00. The average molecular weight is 183 g/mol. The lowest BCUT2D eigenvalue weighted by atomic mass is 11.0. The molecule has 0 saturated carbocycles. The van der Waals surface area contributed by atoms with Crippen molar-refractivity contribution in [1.29, 1.82) is 0 Å². The number of aliphatic hydroxyl groups excluding tert-OH is 1. The molecule has 76 valence electrons. The van der Waals surface area contributed by atoms with Crippen LogP contribution in [0.5, 0.6) is 0 Å². The summed E-state index contributed by atoms with van der Waals surface area (Å²) in [6.07, 6.45) is 0. The summed E-state index contributed by atoms with van der Waals surface area (Å²) in [6.45, 7) is 4.00. The Bertz CT molecular complexity index is 17.2. The Kier molecular flexibility index (Phi) is 497000. The van der Waals surface area contributed by atoms with Crippen LogP contribution in [0, 0.1) is 0 Å². The van der Waals surface area contributed by atoms with Crippen LogP contribution < -0.4 is 6.15 Å². The molecule has 0 spiro atoms. The SMILES string of the molecule is C.CC.CO.N.O.O.O.S. The molecule has 0 aliphatic heterocycles. The maximum absolute atomic E-state index is 7.00. The normalized spacial score (nSPS) is 1.20. The lowest BCUT2D eigenvalue weighted by Gasteiger charge is -1.21. The third-order valence-electron chi connectivity index (χ3n) is 0. The van der Waals surface area contributed by atoms with Gasteiger partial charge in [-0.3, -0.25) is 0 Å². The summed E-state index contributed by atoms with van der Waals surface area (Å²) < 4.78 is 0. The van der Waals surface area contributed by atoms with Crippen molar-refractivity contribution in [1.82, 2.24) is 6.15 Å². The first-order valence-corrected chi connectivity index (χ1v) is 1.45. The van der Waals surface area contributed by atoms with Crippen LogP contribution in [0.3, 0.4) is 0 Å². The number of hydrogen-bond donors (Lipinski definition) is 2. The molecule has 0 unspecified atom stereocenters. The quantitative estimate of drug-likeness (QED) is 0.499. The van der Waals surface area contributed by atoms with Crippen LogP contribution in [0.1, 0.15) is 21.3 Å². The van der Waals surface area contributed by atoms with Crippen LogP contribution in [0.25, 0.3) is 0 Å². The van der Waals surface area contributed by atoms with Crippen molar-refractivity contribution in [2.45, 2.75) is 21.3 Å². The van der Waals surface area contributed by atoms with E-state index in [1.165, 1.54) is 0 Å². The standard InChI is InChI=1S/C2H6.CH4O.CH4.H3N.3H2O.H2S/c2*1-2;;;;;;/h1-2H3;2H,1H3;1H4;1H3;4*1H2. The minimum absolute atomic E-state index is 0. The van der Waals surface area contributed by atoms with Crippen LogP contribution in [-0.2, 0) is 0 Å². The van der Waals surface area contributed by atoms with Gasteiger partial charge in [0.2, 0.25) is 0 Å². The van der Waals surface area contributed by atoms with Crippen LogP contribution in [0.4, 0.5) is 0 Å². The highest BCUT2D eigenvalue weighted by molar-refractivity contribution is 7.59. The van der Waals surface area contributed by atoms with Crippen LogP contribution >= 0.6 is 13.5 Å². The molecule has 0 aromatic heterocycles. The van der Waals surface area contributed by atoms with Crippen molar-refractivity contribution in [3.8, 4) is 0 Å². The molecule has 0 radical (unpaired) electrons. The third-order valence-corrected chi connectivity index (χ3v) is 0. The number of hydrogen-bond acceptors (Lipinski definition) is 2. The molecule has 0 bridgehead atoms. The van der Waals surface area contributed by atoms with E-state index < -0.39 is 0 Å². The van der Waals surface area contributed by atoms with Gasteiger partial charge in [0.25, 0.3) is 0 Å². The van der Waals surface area contributed by atoms with Crippen LogP contribution in [0.15, 0.2) is 0 Å². The Hall–Kier alpha value is 0.150. The first kappa shape index (κ1) is 184.